The zero-order valence-corrected chi connectivity index (χ0v) is 9.73. The first-order valence-electron chi connectivity index (χ1n) is 5.00. The topological polar surface area (TPSA) is 38.7 Å². The Morgan fingerprint density at radius 2 is 1.88 bits per heavy atom. The minimum absolute atomic E-state index is 0.353. The first-order valence-corrected chi connectivity index (χ1v) is 5.00. The smallest absolute Gasteiger partial charge is 0.356 e. The molecule has 0 saturated carbocycles. The maximum Gasteiger partial charge on any atom is 0.356 e. The van der Waals surface area contributed by atoms with E-state index in [1.165, 1.54) is 7.11 Å². The zero-order chi connectivity index (χ0) is 12.0. The highest BCUT2D eigenvalue weighted by atomic mass is 16.5. The van der Waals surface area contributed by atoms with Crippen molar-refractivity contribution in [2.75, 3.05) is 7.11 Å². The number of carbonyl (C=O) groups excluding carboxylic acids is 1. The standard InChI is InChI=1S/C13H15NO2/c1-10(2)12(13(15)16-3)14-9-11-7-5-4-6-8-11/h4-9H,1-3H3. The molecule has 0 heterocycles. The maximum atomic E-state index is 11.4. The highest BCUT2D eigenvalue weighted by Crippen LogP contribution is 2.07. The van der Waals surface area contributed by atoms with Gasteiger partial charge in [0.25, 0.3) is 0 Å². The van der Waals surface area contributed by atoms with Crippen molar-refractivity contribution >= 4 is 12.2 Å². The predicted octanol–water partition coefficient (Wildman–Crippen LogP) is 2.57. The van der Waals surface area contributed by atoms with Crippen molar-refractivity contribution < 1.29 is 9.53 Å². The Kier molecular flexibility index (Phi) is 4.45. The number of benzene rings is 1. The number of hydrogen-bond acceptors (Lipinski definition) is 3. The van der Waals surface area contributed by atoms with Crippen LogP contribution < -0.4 is 0 Å². The molecule has 0 spiro atoms. The number of esters is 1. The predicted molar refractivity (Wildman–Crippen MR) is 64.4 cm³/mol. The largest absolute Gasteiger partial charge is 0.464 e. The lowest BCUT2D eigenvalue weighted by Gasteiger charge is -2.01. The van der Waals surface area contributed by atoms with Crippen molar-refractivity contribution in [2.24, 2.45) is 4.99 Å². The van der Waals surface area contributed by atoms with Crippen LogP contribution in [0.25, 0.3) is 0 Å². The van der Waals surface area contributed by atoms with Crippen LogP contribution in [0.15, 0.2) is 46.6 Å². The van der Waals surface area contributed by atoms with Gasteiger partial charge in [0, 0.05) is 6.21 Å². The lowest BCUT2D eigenvalue weighted by atomic mass is 10.2. The molecular weight excluding hydrogens is 202 g/mol. The fourth-order valence-corrected chi connectivity index (χ4v) is 1.16. The average Bonchev–Trinajstić information content (AvgIpc) is 2.30. The summed E-state index contributed by atoms with van der Waals surface area (Å²) in [5.74, 6) is -0.410. The van der Waals surface area contributed by atoms with E-state index in [1.807, 2.05) is 44.2 Å². The highest BCUT2D eigenvalue weighted by Gasteiger charge is 2.08. The van der Waals surface area contributed by atoms with Crippen molar-refractivity contribution in [3.05, 3.63) is 47.2 Å². The third kappa shape index (κ3) is 3.35. The molecule has 0 aliphatic heterocycles. The third-order valence-electron chi connectivity index (χ3n) is 1.99. The summed E-state index contributed by atoms with van der Waals surface area (Å²) in [7, 11) is 1.35. The SMILES string of the molecule is COC(=O)C(N=Cc1ccccc1)=C(C)C. The number of ether oxygens (including phenoxy) is 1. The van der Waals surface area contributed by atoms with Crippen molar-refractivity contribution in [2.45, 2.75) is 13.8 Å². The van der Waals surface area contributed by atoms with Crippen LogP contribution in [0.2, 0.25) is 0 Å². The molecule has 3 nitrogen and oxygen atoms in total. The molecule has 0 aliphatic rings. The maximum absolute atomic E-state index is 11.4. The molecule has 0 radical (unpaired) electrons. The lowest BCUT2D eigenvalue weighted by molar-refractivity contribution is -0.136. The minimum atomic E-state index is -0.410. The molecule has 0 amide bonds. The van der Waals surface area contributed by atoms with Gasteiger partial charge in [0.1, 0.15) is 5.70 Å². The molecule has 1 aromatic rings. The van der Waals surface area contributed by atoms with Gasteiger partial charge in [-0.15, -0.1) is 0 Å². The molecule has 0 aliphatic carbocycles. The number of allylic oxidation sites excluding steroid dienone is 1. The number of methoxy groups -OCH3 is 1. The van der Waals surface area contributed by atoms with E-state index < -0.39 is 5.97 Å². The van der Waals surface area contributed by atoms with E-state index in [9.17, 15) is 4.79 Å². The molecule has 84 valence electrons. The molecule has 3 heteroatoms. The molecule has 0 N–H and O–H groups in total. The fraction of sp³-hybridized carbons (Fsp3) is 0.231. The van der Waals surface area contributed by atoms with Crippen molar-refractivity contribution in [1.82, 2.24) is 0 Å². The molecular formula is C13H15NO2. The second-order valence-electron chi connectivity index (χ2n) is 3.51. The van der Waals surface area contributed by atoms with Crippen LogP contribution in [0.1, 0.15) is 19.4 Å². The van der Waals surface area contributed by atoms with E-state index >= 15 is 0 Å². The second-order valence-corrected chi connectivity index (χ2v) is 3.51. The molecule has 0 atom stereocenters. The average molecular weight is 217 g/mol. The summed E-state index contributed by atoms with van der Waals surface area (Å²) in [6.45, 7) is 3.66. The minimum Gasteiger partial charge on any atom is -0.464 e. The number of hydrogen-bond donors (Lipinski definition) is 0. The third-order valence-corrected chi connectivity index (χ3v) is 1.99. The van der Waals surface area contributed by atoms with Crippen LogP contribution in [0, 0.1) is 0 Å². The summed E-state index contributed by atoms with van der Waals surface area (Å²) in [4.78, 5) is 15.5. The normalized spacial score (nSPS) is 10.2. The van der Waals surface area contributed by atoms with Crippen LogP contribution in [-0.4, -0.2) is 19.3 Å². The Labute approximate surface area is 95.5 Å². The Morgan fingerprint density at radius 1 is 1.25 bits per heavy atom. The van der Waals surface area contributed by atoms with E-state index in [0.717, 1.165) is 11.1 Å². The summed E-state index contributed by atoms with van der Waals surface area (Å²) in [5, 5.41) is 0. The number of nitrogens with zero attached hydrogens (tertiary/aromatic N) is 1. The number of rotatable bonds is 3. The molecule has 0 bridgehead atoms. The summed E-state index contributed by atoms with van der Waals surface area (Å²) in [5.41, 5.74) is 2.13. The molecule has 1 rings (SSSR count). The van der Waals surface area contributed by atoms with Crippen LogP contribution >= 0.6 is 0 Å². The van der Waals surface area contributed by atoms with Crippen molar-refractivity contribution in [3.63, 3.8) is 0 Å². The molecule has 0 aromatic heterocycles. The summed E-state index contributed by atoms with van der Waals surface area (Å²) in [6, 6.07) is 9.61. The first kappa shape index (κ1) is 12.2. The molecule has 0 fully saturated rings. The van der Waals surface area contributed by atoms with Crippen LogP contribution in [0.5, 0.6) is 0 Å². The van der Waals surface area contributed by atoms with E-state index in [2.05, 4.69) is 9.73 Å². The van der Waals surface area contributed by atoms with Gasteiger partial charge in [-0.25, -0.2) is 9.79 Å². The highest BCUT2D eigenvalue weighted by molar-refractivity contribution is 5.92. The lowest BCUT2D eigenvalue weighted by Crippen LogP contribution is -2.04. The van der Waals surface area contributed by atoms with Gasteiger partial charge < -0.3 is 4.74 Å². The Balaban J connectivity index is 2.90. The van der Waals surface area contributed by atoms with Gasteiger partial charge in [-0.05, 0) is 25.0 Å². The first-order chi connectivity index (χ1) is 7.65. The van der Waals surface area contributed by atoms with Gasteiger partial charge in [0.15, 0.2) is 0 Å². The van der Waals surface area contributed by atoms with E-state index in [-0.39, 0.29) is 0 Å². The number of aliphatic imine (C=N–C) groups is 1. The van der Waals surface area contributed by atoms with Crippen LogP contribution in [0.4, 0.5) is 0 Å². The molecule has 16 heavy (non-hydrogen) atoms. The molecule has 0 saturated heterocycles. The summed E-state index contributed by atoms with van der Waals surface area (Å²) in [6.07, 6.45) is 1.65. The Bertz CT molecular complexity index is 415. The van der Waals surface area contributed by atoms with E-state index in [1.54, 1.807) is 6.21 Å². The second kappa shape index (κ2) is 5.85. The Hall–Kier alpha value is -1.90. The van der Waals surface area contributed by atoms with Gasteiger partial charge >= 0.3 is 5.97 Å². The van der Waals surface area contributed by atoms with E-state index in [0.29, 0.717) is 5.70 Å². The van der Waals surface area contributed by atoms with Gasteiger partial charge in [-0.1, -0.05) is 30.3 Å². The monoisotopic (exact) mass is 217 g/mol. The fourth-order valence-electron chi connectivity index (χ4n) is 1.16. The van der Waals surface area contributed by atoms with Crippen molar-refractivity contribution in [1.29, 1.82) is 0 Å². The van der Waals surface area contributed by atoms with Gasteiger partial charge in [0.2, 0.25) is 0 Å². The quantitative estimate of drug-likeness (QED) is 0.443. The van der Waals surface area contributed by atoms with Gasteiger partial charge in [0.05, 0.1) is 7.11 Å². The van der Waals surface area contributed by atoms with E-state index in [4.69, 9.17) is 0 Å². The summed E-state index contributed by atoms with van der Waals surface area (Å²) < 4.78 is 4.65. The summed E-state index contributed by atoms with van der Waals surface area (Å²) >= 11 is 0. The Morgan fingerprint density at radius 3 is 2.38 bits per heavy atom. The molecule has 0 unspecified atom stereocenters. The molecule has 1 aromatic carbocycles. The van der Waals surface area contributed by atoms with Crippen LogP contribution in [-0.2, 0) is 9.53 Å². The number of carbonyl (C=O) groups is 1. The van der Waals surface area contributed by atoms with Gasteiger partial charge in [-0.3, -0.25) is 0 Å². The van der Waals surface area contributed by atoms with Crippen molar-refractivity contribution in [3.8, 4) is 0 Å². The van der Waals surface area contributed by atoms with Crippen LogP contribution in [0.3, 0.4) is 0 Å². The zero-order valence-electron chi connectivity index (χ0n) is 9.73. The van der Waals surface area contributed by atoms with Gasteiger partial charge in [-0.2, -0.15) is 0 Å².